The van der Waals surface area contributed by atoms with Crippen molar-refractivity contribution in [2.45, 2.75) is 77.0 Å². The largest absolute Gasteiger partial charge is 0.0933 e. The molecule has 2 aliphatic carbocycles. The third-order valence-corrected chi connectivity index (χ3v) is 6.89. The molecule has 2 fully saturated rings. The molecule has 2 saturated carbocycles. The molecule has 1 aromatic rings. The van der Waals surface area contributed by atoms with E-state index in [2.05, 4.69) is 37.3 Å². The molecule has 0 atom stereocenters. The summed E-state index contributed by atoms with van der Waals surface area (Å²) in [6.45, 7) is 2.18. The van der Waals surface area contributed by atoms with Crippen molar-refractivity contribution in [3.05, 3.63) is 47.0 Å². The molecule has 3 rings (SSSR count). The average molecular weight is 345 g/mol. The predicted molar refractivity (Wildman–Crippen MR) is 106 cm³/mol. The molecule has 0 aliphatic heterocycles. The molecule has 0 saturated heterocycles. The quantitative estimate of drug-likeness (QED) is 0.515. The minimum Gasteiger partial charge on any atom is -0.0933 e. The average Bonchev–Trinajstić information content (AvgIpc) is 2.63. The number of halogens is 1. The molecule has 0 bridgehead atoms. The normalized spacial score (nSPS) is 31.4. The van der Waals surface area contributed by atoms with E-state index in [9.17, 15) is 0 Å². The maximum atomic E-state index is 5.63. The molecule has 0 unspecified atom stereocenters. The van der Waals surface area contributed by atoms with Crippen LogP contribution in [0.2, 0.25) is 0 Å². The van der Waals surface area contributed by atoms with E-state index < -0.39 is 0 Å². The molecule has 0 amide bonds. The Bertz CT molecular complexity index is 499. The zero-order chi connectivity index (χ0) is 16.8. The molecule has 132 valence electrons. The van der Waals surface area contributed by atoms with Crippen LogP contribution in [0.5, 0.6) is 0 Å². The van der Waals surface area contributed by atoms with Gasteiger partial charge >= 0.3 is 0 Å². The van der Waals surface area contributed by atoms with Crippen molar-refractivity contribution in [1.82, 2.24) is 0 Å². The van der Waals surface area contributed by atoms with E-state index in [-0.39, 0.29) is 0 Å². The maximum Gasteiger partial charge on any atom is 0.000245 e. The summed E-state index contributed by atoms with van der Waals surface area (Å²) in [6, 6.07) is 9.28. The highest BCUT2D eigenvalue weighted by molar-refractivity contribution is 6.25. The van der Waals surface area contributed by atoms with Crippen molar-refractivity contribution in [2.24, 2.45) is 17.8 Å². The highest BCUT2D eigenvalue weighted by Crippen LogP contribution is 2.44. The number of aryl methyl sites for hydroxylation is 1. The molecule has 0 radical (unpaired) electrons. The first-order chi connectivity index (χ1) is 11.8. The Morgan fingerprint density at radius 3 is 2.04 bits per heavy atom. The summed E-state index contributed by atoms with van der Waals surface area (Å²) in [7, 11) is 0. The third kappa shape index (κ3) is 4.88. The van der Waals surface area contributed by atoms with E-state index in [1.165, 1.54) is 69.8 Å². The molecule has 0 nitrogen and oxygen atoms in total. The SMILES string of the molecule is Cc1ccc(C2CCC(C3CCC(CCC=CCl)CC3)CC2)cc1. The summed E-state index contributed by atoms with van der Waals surface area (Å²) in [5, 5.41) is 0. The lowest BCUT2D eigenvalue weighted by molar-refractivity contribution is 0.157. The Kier molecular flexibility index (Phi) is 6.84. The van der Waals surface area contributed by atoms with E-state index in [4.69, 9.17) is 11.6 Å². The van der Waals surface area contributed by atoms with Gasteiger partial charge in [0, 0.05) is 5.54 Å². The predicted octanol–water partition coefficient (Wildman–Crippen LogP) is 7.61. The second kappa shape index (κ2) is 9.09. The number of hydrogen-bond donors (Lipinski definition) is 0. The minimum atomic E-state index is 0.820. The van der Waals surface area contributed by atoms with Gasteiger partial charge in [-0.15, -0.1) is 0 Å². The molecule has 0 aromatic heterocycles. The van der Waals surface area contributed by atoms with Crippen molar-refractivity contribution >= 4 is 11.6 Å². The van der Waals surface area contributed by atoms with Crippen molar-refractivity contribution in [3.8, 4) is 0 Å². The summed E-state index contributed by atoms with van der Waals surface area (Å²) >= 11 is 5.63. The Labute approximate surface area is 153 Å². The molecule has 2 aliphatic rings. The lowest BCUT2D eigenvalue weighted by Gasteiger charge is -2.38. The molecular formula is C23H33Cl. The summed E-state index contributed by atoms with van der Waals surface area (Å²) in [6.07, 6.45) is 16.2. The fourth-order valence-electron chi connectivity index (χ4n) is 5.11. The van der Waals surface area contributed by atoms with Gasteiger partial charge in [0.25, 0.3) is 0 Å². The Balaban J connectivity index is 1.42. The van der Waals surface area contributed by atoms with Crippen LogP contribution in [0.1, 0.15) is 81.3 Å². The van der Waals surface area contributed by atoms with Crippen LogP contribution in [0, 0.1) is 24.7 Å². The second-order valence-corrected chi connectivity index (χ2v) is 8.49. The highest BCUT2D eigenvalue weighted by atomic mass is 35.5. The second-order valence-electron chi connectivity index (χ2n) is 8.24. The van der Waals surface area contributed by atoms with Crippen LogP contribution in [-0.2, 0) is 0 Å². The van der Waals surface area contributed by atoms with Crippen molar-refractivity contribution < 1.29 is 0 Å². The monoisotopic (exact) mass is 344 g/mol. The molecule has 0 heterocycles. The minimum absolute atomic E-state index is 0.820. The smallest absolute Gasteiger partial charge is 0.000245 e. The topological polar surface area (TPSA) is 0 Å². The molecule has 1 heteroatoms. The van der Waals surface area contributed by atoms with Crippen LogP contribution in [0.4, 0.5) is 0 Å². The molecular weight excluding hydrogens is 312 g/mol. The Hall–Kier alpha value is -0.750. The summed E-state index contributed by atoms with van der Waals surface area (Å²) in [4.78, 5) is 0. The molecule has 0 N–H and O–H groups in total. The first-order valence-electron chi connectivity index (χ1n) is 10.1. The molecule has 24 heavy (non-hydrogen) atoms. The van der Waals surface area contributed by atoms with Crippen molar-refractivity contribution in [3.63, 3.8) is 0 Å². The van der Waals surface area contributed by atoms with E-state index in [0.717, 1.165) is 23.7 Å². The van der Waals surface area contributed by atoms with E-state index in [1.807, 2.05) is 0 Å². The fraction of sp³-hybridized carbons (Fsp3) is 0.652. The lowest BCUT2D eigenvalue weighted by Crippen LogP contribution is -2.25. The van der Waals surface area contributed by atoms with Gasteiger partial charge in [-0.25, -0.2) is 0 Å². The number of hydrogen-bond acceptors (Lipinski definition) is 0. The Morgan fingerprint density at radius 2 is 1.46 bits per heavy atom. The Morgan fingerprint density at radius 1 is 0.875 bits per heavy atom. The summed E-state index contributed by atoms with van der Waals surface area (Å²) < 4.78 is 0. The van der Waals surface area contributed by atoms with Gasteiger partial charge in [0.15, 0.2) is 0 Å². The van der Waals surface area contributed by atoms with Crippen molar-refractivity contribution in [1.29, 1.82) is 0 Å². The molecule has 0 spiro atoms. The van der Waals surface area contributed by atoms with E-state index in [1.54, 1.807) is 11.1 Å². The lowest BCUT2D eigenvalue weighted by atomic mass is 9.68. The van der Waals surface area contributed by atoms with E-state index in [0.29, 0.717) is 0 Å². The van der Waals surface area contributed by atoms with Gasteiger partial charge in [-0.05, 0) is 87.5 Å². The maximum absolute atomic E-state index is 5.63. The number of benzene rings is 1. The zero-order valence-corrected chi connectivity index (χ0v) is 16.0. The molecule has 1 aromatic carbocycles. The standard InChI is InChI=1S/C23H33Cl/c1-18-5-9-20(10-6-18)22-13-15-23(16-14-22)21-11-7-19(8-12-21)4-2-3-17-24/h3,5-6,9-10,17,19,21-23H,2,4,7-8,11-16H2,1H3. The zero-order valence-electron chi connectivity index (χ0n) is 15.2. The van der Waals surface area contributed by atoms with Gasteiger partial charge in [0.05, 0.1) is 0 Å². The van der Waals surface area contributed by atoms with Crippen LogP contribution in [-0.4, -0.2) is 0 Å². The van der Waals surface area contributed by atoms with Crippen LogP contribution in [0.15, 0.2) is 35.9 Å². The van der Waals surface area contributed by atoms with Crippen LogP contribution < -0.4 is 0 Å². The fourth-order valence-corrected chi connectivity index (χ4v) is 5.23. The first kappa shape index (κ1) is 18.1. The van der Waals surface area contributed by atoms with Crippen LogP contribution >= 0.6 is 11.6 Å². The van der Waals surface area contributed by atoms with E-state index >= 15 is 0 Å². The summed E-state index contributed by atoms with van der Waals surface area (Å²) in [5.74, 6) is 3.80. The van der Waals surface area contributed by atoms with Crippen molar-refractivity contribution in [2.75, 3.05) is 0 Å². The van der Waals surface area contributed by atoms with Gasteiger partial charge in [0.1, 0.15) is 0 Å². The van der Waals surface area contributed by atoms with Gasteiger partial charge in [-0.3, -0.25) is 0 Å². The van der Waals surface area contributed by atoms with Gasteiger partial charge in [0.2, 0.25) is 0 Å². The number of rotatable bonds is 5. The highest BCUT2D eigenvalue weighted by Gasteiger charge is 2.31. The number of allylic oxidation sites excluding steroid dienone is 1. The first-order valence-corrected chi connectivity index (χ1v) is 10.5. The van der Waals surface area contributed by atoms with Gasteiger partial charge < -0.3 is 0 Å². The third-order valence-electron chi connectivity index (χ3n) is 6.71. The van der Waals surface area contributed by atoms with Gasteiger partial charge in [-0.2, -0.15) is 0 Å². The summed E-state index contributed by atoms with van der Waals surface area (Å²) in [5.41, 5.74) is 4.64. The van der Waals surface area contributed by atoms with Crippen LogP contribution in [0.3, 0.4) is 0 Å². The van der Waals surface area contributed by atoms with Gasteiger partial charge in [-0.1, -0.05) is 60.3 Å². The van der Waals surface area contributed by atoms with Crippen LogP contribution in [0.25, 0.3) is 0 Å².